The van der Waals surface area contributed by atoms with Crippen molar-refractivity contribution in [2.75, 3.05) is 222 Å². The van der Waals surface area contributed by atoms with Crippen LogP contribution in [0.3, 0.4) is 0 Å². The van der Waals surface area contributed by atoms with Crippen molar-refractivity contribution in [3.8, 4) is 0 Å². The van der Waals surface area contributed by atoms with Crippen LogP contribution in [0.1, 0.15) is 17.5 Å². The van der Waals surface area contributed by atoms with Gasteiger partial charge in [0, 0.05) is 157 Å². The molecular weight excluding hydrogens is 841 g/mol. The predicted octanol–water partition coefficient (Wildman–Crippen LogP) is -1.41. The van der Waals surface area contributed by atoms with Gasteiger partial charge in [0.25, 0.3) is 0 Å². The van der Waals surface area contributed by atoms with Crippen LogP contribution < -0.4 is 44.1 Å². The van der Waals surface area contributed by atoms with Gasteiger partial charge in [-0.3, -0.25) is 0 Å². The van der Waals surface area contributed by atoms with Crippen LogP contribution >= 0.6 is 0 Å². The van der Waals surface area contributed by atoms with Crippen LogP contribution in [0.25, 0.3) is 0 Å². The Bertz CT molecular complexity index is 2010. The average Bonchev–Trinajstić information content (AvgIpc) is 3.34. The standard InChI is InChI=1S/C42H66N24/c1-31-43-34(58-13-7-55(4)8-14-58)49-37(46-31)61-19-25-64(26-20-61)40-52-41(65-27-21-62(22-28-65)38-47-32(2)44-35(50-38)59-15-9-56(5)10-16-59)54-42(53-40)66-29-23-63(24-30-66)39-48-33(3)45-36(51-39)60-17-11-57(6)12-18-60/h7-30H2,1-6H3. The van der Waals surface area contributed by atoms with Gasteiger partial charge in [0.15, 0.2) is 0 Å². The van der Waals surface area contributed by atoms with Crippen molar-refractivity contribution >= 4 is 53.5 Å². The Labute approximate surface area is 387 Å². The molecule has 24 heteroatoms. The Kier molecular flexibility index (Phi) is 12.8. The Balaban J connectivity index is 0.855. The third-order valence-electron chi connectivity index (χ3n) is 13.7. The molecule has 0 atom stereocenters. The van der Waals surface area contributed by atoms with E-state index in [1.165, 1.54) is 0 Å². The Morgan fingerprint density at radius 2 is 0.318 bits per heavy atom. The van der Waals surface area contributed by atoms with Gasteiger partial charge in [-0.15, -0.1) is 0 Å². The first-order valence-corrected chi connectivity index (χ1v) is 23.8. The fourth-order valence-electron chi connectivity index (χ4n) is 9.32. The molecule has 0 N–H and O–H groups in total. The van der Waals surface area contributed by atoms with Crippen molar-refractivity contribution in [1.29, 1.82) is 0 Å². The third kappa shape index (κ3) is 9.94. The minimum atomic E-state index is 0.694. The van der Waals surface area contributed by atoms with Gasteiger partial charge in [0.2, 0.25) is 53.5 Å². The maximum Gasteiger partial charge on any atom is 0.232 e. The van der Waals surface area contributed by atoms with Crippen molar-refractivity contribution in [3.63, 3.8) is 0 Å². The number of likely N-dealkylation sites (N-methyl/N-ethyl adjacent to an activating group) is 3. The smallest absolute Gasteiger partial charge is 0.232 e. The molecule has 0 radical (unpaired) electrons. The van der Waals surface area contributed by atoms with Crippen LogP contribution in [0.4, 0.5) is 53.5 Å². The summed E-state index contributed by atoms with van der Waals surface area (Å²) in [6.45, 7) is 26.1. The molecule has 0 bridgehead atoms. The number of hydrogen-bond donors (Lipinski definition) is 0. The van der Waals surface area contributed by atoms with Crippen LogP contribution in [-0.2, 0) is 0 Å². The first-order chi connectivity index (χ1) is 32.1. The molecule has 4 aromatic rings. The molecule has 0 saturated carbocycles. The zero-order valence-corrected chi connectivity index (χ0v) is 39.7. The summed E-state index contributed by atoms with van der Waals surface area (Å²) in [6, 6.07) is 0. The summed E-state index contributed by atoms with van der Waals surface area (Å²) in [4.78, 5) is 86.6. The van der Waals surface area contributed by atoms with Gasteiger partial charge >= 0.3 is 0 Å². The molecule has 6 aliphatic rings. The second-order valence-corrected chi connectivity index (χ2v) is 18.5. The van der Waals surface area contributed by atoms with E-state index < -0.39 is 0 Å². The van der Waals surface area contributed by atoms with Gasteiger partial charge in [-0.25, -0.2) is 0 Å². The fourth-order valence-corrected chi connectivity index (χ4v) is 9.32. The predicted molar refractivity (Wildman–Crippen MR) is 256 cm³/mol. The maximum atomic E-state index is 5.21. The Hall–Kier alpha value is -5.88. The molecule has 4 aromatic heterocycles. The SMILES string of the molecule is Cc1nc(N2CCN(C)CC2)nc(N2CCN(c3nc(N4CCN(c5nc(C)nc(N6CCN(C)CC6)n5)CC4)nc(N4CCN(c5nc(C)nc(N6CCN(C)CC6)n5)CC4)n3)CC2)n1. The van der Waals surface area contributed by atoms with Crippen LogP contribution in [0.15, 0.2) is 0 Å². The fraction of sp³-hybridized carbons (Fsp3) is 0.714. The first kappa shape index (κ1) is 44.0. The van der Waals surface area contributed by atoms with Gasteiger partial charge in [0.1, 0.15) is 17.5 Å². The summed E-state index contributed by atoms with van der Waals surface area (Å²) in [5.74, 6) is 8.80. The lowest BCUT2D eigenvalue weighted by Gasteiger charge is -2.38. The van der Waals surface area contributed by atoms with Gasteiger partial charge in [0.05, 0.1) is 0 Å². The largest absolute Gasteiger partial charge is 0.338 e. The normalized spacial score (nSPS) is 21.1. The van der Waals surface area contributed by atoms with Crippen molar-refractivity contribution in [2.45, 2.75) is 20.8 Å². The lowest BCUT2D eigenvalue weighted by atomic mass is 10.3. The molecule has 24 nitrogen and oxygen atoms in total. The van der Waals surface area contributed by atoms with E-state index in [1.807, 2.05) is 20.8 Å². The average molecular weight is 907 g/mol. The first-order valence-electron chi connectivity index (χ1n) is 23.8. The minimum Gasteiger partial charge on any atom is -0.338 e. The summed E-state index contributed by atoms with van der Waals surface area (Å²) in [5, 5.41) is 0. The number of aromatic nitrogens is 12. The molecule has 6 saturated heterocycles. The van der Waals surface area contributed by atoms with E-state index in [2.05, 4.69) is 79.9 Å². The number of hydrogen-bond acceptors (Lipinski definition) is 24. The molecule has 6 fully saturated rings. The zero-order valence-electron chi connectivity index (χ0n) is 39.7. The Morgan fingerprint density at radius 1 is 0.197 bits per heavy atom. The molecule has 0 amide bonds. The number of anilines is 9. The van der Waals surface area contributed by atoms with Crippen LogP contribution in [-0.4, -0.2) is 253 Å². The lowest BCUT2D eigenvalue weighted by Crippen LogP contribution is -2.50. The molecule has 0 aromatic carbocycles. The van der Waals surface area contributed by atoms with E-state index in [1.54, 1.807) is 0 Å². The summed E-state index contributed by atoms with van der Waals surface area (Å²) in [5.41, 5.74) is 0. The van der Waals surface area contributed by atoms with E-state index in [-0.39, 0.29) is 0 Å². The van der Waals surface area contributed by atoms with Gasteiger partial charge < -0.3 is 58.8 Å². The molecule has 0 spiro atoms. The third-order valence-corrected chi connectivity index (χ3v) is 13.7. The quantitative estimate of drug-likeness (QED) is 0.190. The van der Waals surface area contributed by atoms with Crippen LogP contribution in [0, 0.1) is 20.8 Å². The second-order valence-electron chi connectivity index (χ2n) is 18.5. The molecule has 10 heterocycles. The van der Waals surface area contributed by atoms with Crippen molar-refractivity contribution in [2.24, 2.45) is 0 Å². The zero-order chi connectivity index (χ0) is 45.3. The van der Waals surface area contributed by atoms with E-state index in [9.17, 15) is 0 Å². The molecule has 6 aliphatic heterocycles. The van der Waals surface area contributed by atoms with Crippen LogP contribution in [0.2, 0.25) is 0 Å². The summed E-state index contributed by atoms with van der Waals surface area (Å²) < 4.78 is 0. The highest BCUT2D eigenvalue weighted by Gasteiger charge is 2.31. The topological polar surface area (TPSA) is 194 Å². The summed E-state index contributed by atoms with van der Waals surface area (Å²) in [6.07, 6.45) is 0. The monoisotopic (exact) mass is 907 g/mol. The van der Waals surface area contributed by atoms with Crippen LogP contribution in [0.5, 0.6) is 0 Å². The van der Waals surface area contributed by atoms with E-state index >= 15 is 0 Å². The molecular formula is C42H66N24. The summed E-state index contributed by atoms with van der Waals surface area (Å²) in [7, 11) is 6.48. The lowest BCUT2D eigenvalue weighted by molar-refractivity contribution is 0.311. The minimum absolute atomic E-state index is 0.694. The van der Waals surface area contributed by atoms with E-state index in [0.717, 1.165) is 210 Å². The Morgan fingerprint density at radius 3 is 0.470 bits per heavy atom. The van der Waals surface area contributed by atoms with Gasteiger partial charge in [-0.2, -0.15) is 59.8 Å². The van der Waals surface area contributed by atoms with Crippen molar-refractivity contribution in [1.82, 2.24) is 74.5 Å². The van der Waals surface area contributed by atoms with Gasteiger partial charge in [-0.05, 0) is 41.9 Å². The molecule has 66 heavy (non-hydrogen) atoms. The van der Waals surface area contributed by atoms with E-state index in [4.69, 9.17) is 59.8 Å². The molecule has 354 valence electrons. The number of nitrogens with zero attached hydrogens (tertiary/aromatic N) is 24. The van der Waals surface area contributed by atoms with Crippen molar-refractivity contribution < 1.29 is 0 Å². The van der Waals surface area contributed by atoms with E-state index in [0.29, 0.717) is 17.8 Å². The molecule has 0 aliphatic carbocycles. The highest BCUT2D eigenvalue weighted by Crippen LogP contribution is 2.26. The number of piperazine rings is 6. The van der Waals surface area contributed by atoms with Gasteiger partial charge in [-0.1, -0.05) is 0 Å². The summed E-state index contributed by atoms with van der Waals surface area (Å²) >= 11 is 0. The molecule has 0 unspecified atom stereocenters. The molecule has 10 rings (SSSR count). The second kappa shape index (κ2) is 19.1. The van der Waals surface area contributed by atoms with Crippen molar-refractivity contribution in [3.05, 3.63) is 17.5 Å². The highest BCUT2D eigenvalue weighted by molar-refractivity contribution is 5.51. The number of rotatable bonds is 9. The number of aryl methyl sites for hydroxylation is 3. The highest BCUT2D eigenvalue weighted by atomic mass is 15.5. The maximum absolute atomic E-state index is 5.21.